The molecule has 3 aromatic rings. The number of amides is 18. The number of imidazole rings is 1. The van der Waals surface area contributed by atoms with E-state index in [1.165, 1.54) is 103 Å². The second kappa shape index (κ2) is 53.7. The molecule has 31 N–H and O–H groups in total. The molecule has 1 heterocycles. The standard InChI is InChI=1S/C79H119N21O28/c1-11-37(7)63(98-74(122)60(82)39(9)103)75(123)86-31-58(111)88-50(26-54(80)107)66(114)85-29-56(109)84-30-57(110)89-52(32-101)72(120)93-51(27-55(81)108)69(117)92-49(25-43-28-83-34-87-43)68(116)91-47(23-41-13-17-44(105)18-14-41)71(119)100-65(40(10)104)78(126)99-64(38(8)12-2)77(125)94-48(24-42-15-19-45(106)20-16-42)70(118)96-61(35(3)4)76(124)90-46(21-22-59(112)113)67(115)95-53(33-102)73(121)97-62(36(5)6)79(127)128/h13-20,28,34-40,46-53,60-65,101-106H,11-12,21-27,29-33,82H2,1-10H3,(H2,80,107)(H2,81,108)(H,83,87)(H,84,109)(H,85,114)(H,86,123)(H,88,111)(H,89,110)(H,90,124)(H,91,116)(H,92,117)(H,93,120)(H,94,125)(H,95,115)(H,96,118)(H,97,121)(H,98,122)(H,99,126)(H,100,119)(H,112,113)(H,127,128)/t37-,38-,39+,40+,46-,47-,48-,49-,50-,51-,52-,53-,60-,61-,62-,63-,64-,65-/m0/s1. The molecule has 0 aliphatic carbocycles. The van der Waals surface area contributed by atoms with Crippen molar-refractivity contribution in [1.82, 2.24) is 95.0 Å². The van der Waals surface area contributed by atoms with Crippen molar-refractivity contribution >= 4 is 118 Å². The van der Waals surface area contributed by atoms with Crippen molar-refractivity contribution in [2.45, 2.75) is 224 Å². The molecule has 0 aliphatic rings. The average molecular weight is 1810 g/mol. The SMILES string of the molecule is CC[C@H](C)[C@H](NC(=O)[C@@H](N)[C@@H](C)O)C(=O)NCC(=O)N[C@@H](CC(N)=O)C(=O)NCC(=O)NCC(=O)N[C@@H](CO)C(=O)N[C@@H](CC(N)=O)C(=O)N[C@@H](Cc1c[nH]cn1)C(=O)N[C@@H](Cc1ccc(O)cc1)C(=O)N[C@H](C(=O)N[C@H](C(=O)N[C@@H](Cc1ccc(O)cc1)C(=O)N[C@H](C(=O)N[C@@H](CCC(=O)O)C(=O)N[C@@H](CO)C(=O)N[C@H](C(=O)O)C(C)C)C(C)C)[C@@H](C)CC)[C@@H](C)O. The van der Waals surface area contributed by atoms with E-state index in [-0.39, 0.29) is 29.2 Å². The minimum absolute atomic E-state index is 0.0686. The molecule has 18 amide bonds. The molecule has 1 aromatic heterocycles. The quantitative estimate of drug-likeness (QED) is 0.0249. The number of carboxylic acid groups (broad SMARTS) is 2. The van der Waals surface area contributed by atoms with Gasteiger partial charge in [-0.1, -0.05) is 92.5 Å². The van der Waals surface area contributed by atoms with E-state index in [0.29, 0.717) is 12.0 Å². The predicted octanol–water partition coefficient (Wildman–Crippen LogP) is -10.3. The molecule has 18 atom stereocenters. The number of carbonyl (C=O) groups is 20. The maximum absolute atomic E-state index is 14.8. The average Bonchev–Trinajstić information content (AvgIpc) is 1.19. The Balaban J connectivity index is 1.90. The fourth-order valence-electron chi connectivity index (χ4n) is 12.0. The summed E-state index contributed by atoms with van der Waals surface area (Å²) in [4.78, 5) is 276. The number of phenolic OH excluding ortho intramolecular Hbond substituents is 2. The summed E-state index contributed by atoms with van der Waals surface area (Å²) in [5, 5.41) is 118. The van der Waals surface area contributed by atoms with Crippen LogP contribution in [0.15, 0.2) is 61.1 Å². The van der Waals surface area contributed by atoms with Gasteiger partial charge in [0.1, 0.15) is 96.1 Å². The van der Waals surface area contributed by atoms with E-state index < -0.39 is 317 Å². The maximum atomic E-state index is 14.8. The first-order chi connectivity index (χ1) is 60.0. The number of nitrogens with zero attached hydrogens (tertiary/aromatic N) is 1. The molecule has 0 spiro atoms. The first kappa shape index (κ1) is 109. The van der Waals surface area contributed by atoms with Crippen LogP contribution in [0.2, 0.25) is 0 Å². The number of aliphatic hydroxyl groups is 4. The van der Waals surface area contributed by atoms with Gasteiger partial charge in [0.25, 0.3) is 0 Å². The summed E-state index contributed by atoms with van der Waals surface area (Å²) in [6.45, 7) is 9.63. The zero-order valence-corrected chi connectivity index (χ0v) is 72.1. The Morgan fingerprint density at radius 3 is 1.19 bits per heavy atom. The highest BCUT2D eigenvalue weighted by molar-refractivity contribution is 6.02. The van der Waals surface area contributed by atoms with Crippen LogP contribution in [0.5, 0.6) is 11.5 Å². The molecule has 0 saturated heterocycles. The highest BCUT2D eigenvalue weighted by Gasteiger charge is 2.41. The number of rotatable bonds is 56. The van der Waals surface area contributed by atoms with Gasteiger partial charge in [-0.25, -0.2) is 9.78 Å². The highest BCUT2D eigenvalue weighted by Crippen LogP contribution is 2.18. The molecule has 0 unspecified atom stereocenters. The normalized spacial score (nSPS) is 15.4. The lowest BCUT2D eigenvalue weighted by Gasteiger charge is -2.31. The molecule has 2 aromatic carbocycles. The lowest BCUT2D eigenvalue weighted by molar-refractivity contribution is -0.144. The van der Waals surface area contributed by atoms with Crippen molar-refractivity contribution in [2.75, 3.05) is 32.8 Å². The fraction of sp³-hybridized carbons (Fsp3) is 0.557. The molecule has 0 radical (unpaired) electrons. The minimum atomic E-state index is -2.04. The van der Waals surface area contributed by atoms with Gasteiger partial charge < -0.3 is 148 Å². The number of benzene rings is 2. The van der Waals surface area contributed by atoms with Gasteiger partial charge in [-0.15, -0.1) is 0 Å². The van der Waals surface area contributed by atoms with Crippen molar-refractivity contribution in [3.63, 3.8) is 0 Å². The highest BCUT2D eigenvalue weighted by atomic mass is 16.4. The Hall–Kier alpha value is -13.5. The van der Waals surface area contributed by atoms with Gasteiger partial charge in [0.2, 0.25) is 106 Å². The zero-order chi connectivity index (χ0) is 96.7. The van der Waals surface area contributed by atoms with Crippen LogP contribution in [0.1, 0.15) is 125 Å². The molecular formula is C79H119N21O28. The van der Waals surface area contributed by atoms with Crippen LogP contribution in [-0.2, 0) is 115 Å². The van der Waals surface area contributed by atoms with Crippen molar-refractivity contribution in [3.8, 4) is 11.5 Å². The number of carbonyl (C=O) groups excluding carboxylic acids is 18. The molecular weight excluding hydrogens is 1690 g/mol. The van der Waals surface area contributed by atoms with Crippen molar-refractivity contribution < 1.29 is 137 Å². The van der Waals surface area contributed by atoms with Gasteiger partial charge in [-0.05, 0) is 79.3 Å². The predicted molar refractivity (Wildman–Crippen MR) is 446 cm³/mol. The molecule has 0 fully saturated rings. The Morgan fingerprint density at radius 1 is 0.383 bits per heavy atom. The third-order valence-corrected chi connectivity index (χ3v) is 19.9. The Morgan fingerprint density at radius 2 is 0.734 bits per heavy atom. The van der Waals surface area contributed by atoms with Crippen LogP contribution >= 0.6 is 0 Å². The number of aromatic amines is 1. The Kier molecular flexibility index (Phi) is 45.6. The molecule has 49 nitrogen and oxygen atoms in total. The molecule has 708 valence electrons. The van der Waals surface area contributed by atoms with Gasteiger partial charge >= 0.3 is 11.9 Å². The summed E-state index contributed by atoms with van der Waals surface area (Å²) in [6, 6.07) is -13.7. The van der Waals surface area contributed by atoms with Crippen LogP contribution in [0.25, 0.3) is 0 Å². The van der Waals surface area contributed by atoms with E-state index >= 15 is 0 Å². The lowest BCUT2D eigenvalue weighted by atomic mass is 9.96. The topological polar surface area (TPSA) is 802 Å². The van der Waals surface area contributed by atoms with Gasteiger partial charge in [0.05, 0.1) is 69.9 Å². The summed E-state index contributed by atoms with van der Waals surface area (Å²) in [5.74, 6) is -26.7. The fourth-order valence-corrected chi connectivity index (χ4v) is 12.0. The van der Waals surface area contributed by atoms with Gasteiger partial charge in [-0.2, -0.15) is 0 Å². The van der Waals surface area contributed by atoms with E-state index in [4.69, 9.17) is 17.2 Å². The van der Waals surface area contributed by atoms with Crippen LogP contribution in [-0.4, -0.2) is 299 Å². The number of aromatic hydroxyl groups is 2. The summed E-state index contributed by atoms with van der Waals surface area (Å²) in [6.07, 6.45) is -4.81. The summed E-state index contributed by atoms with van der Waals surface area (Å²) < 4.78 is 0. The number of carboxylic acids is 2. The smallest absolute Gasteiger partial charge is 0.326 e. The molecule has 3 rings (SSSR count). The number of phenols is 2. The number of nitrogens with two attached hydrogens (primary N) is 3. The first-order valence-corrected chi connectivity index (χ1v) is 40.7. The second-order valence-electron chi connectivity index (χ2n) is 31.0. The molecule has 0 saturated carbocycles. The van der Waals surface area contributed by atoms with Crippen molar-refractivity contribution in [3.05, 3.63) is 77.9 Å². The Labute approximate surface area is 734 Å². The van der Waals surface area contributed by atoms with Crippen LogP contribution in [0.3, 0.4) is 0 Å². The number of H-pyrrole nitrogens is 1. The monoisotopic (exact) mass is 1810 g/mol. The largest absolute Gasteiger partial charge is 0.508 e. The molecule has 49 heteroatoms. The third-order valence-electron chi connectivity index (χ3n) is 19.9. The second-order valence-corrected chi connectivity index (χ2v) is 31.0. The summed E-state index contributed by atoms with van der Waals surface area (Å²) in [5.41, 5.74) is 17.1. The Bertz CT molecular complexity index is 4340. The lowest BCUT2D eigenvalue weighted by Crippen LogP contribution is -2.63. The number of aromatic nitrogens is 2. The van der Waals surface area contributed by atoms with Crippen LogP contribution < -0.4 is 102 Å². The van der Waals surface area contributed by atoms with Gasteiger partial charge in [-0.3, -0.25) is 91.1 Å². The first-order valence-electron chi connectivity index (χ1n) is 40.7. The molecule has 0 bridgehead atoms. The van der Waals surface area contributed by atoms with E-state index in [0.717, 1.165) is 6.92 Å². The minimum Gasteiger partial charge on any atom is -0.508 e. The van der Waals surface area contributed by atoms with Crippen molar-refractivity contribution in [2.24, 2.45) is 40.9 Å². The van der Waals surface area contributed by atoms with Gasteiger partial charge in [0.15, 0.2) is 0 Å². The maximum Gasteiger partial charge on any atom is 0.326 e. The number of aliphatic carboxylic acids is 2. The van der Waals surface area contributed by atoms with Crippen molar-refractivity contribution in [1.29, 1.82) is 0 Å². The van der Waals surface area contributed by atoms with Crippen LogP contribution in [0, 0.1) is 23.7 Å². The third kappa shape index (κ3) is 37.3. The zero-order valence-electron chi connectivity index (χ0n) is 72.1. The number of nitrogens with one attached hydrogen (secondary N) is 17. The van der Waals surface area contributed by atoms with E-state index in [1.807, 2.05) is 0 Å². The van der Waals surface area contributed by atoms with Gasteiger partial charge in [0, 0.05) is 31.9 Å². The molecule has 0 aliphatic heterocycles. The van der Waals surface area contributed by atoms with E-state index in [1.54, 1.807) is 20.8 Å². The number of hydrogen-bond acceptors (Lipinski definition) is 28. The number of primary amides is 2. The summed E-state index contributed by atoms with van der Waals surface area (Å²) in [7, 11) is 0. The number of hydrogen-bond donors (Lipinski definition) is 28. The summed E-state index contributed by atoms with van der Waals surface area (Å²) >= 11 is 0. The van der Waals surface area contributed by atoms with E-state index in [2.05, 4.69) is 95.0 Å². The van der Waals surface area contributed by atoms with E-state index in [9.17, 15) is 137 Å². The number of aliphatic hydroxyl groups excluding tert-OH is 4. The molecule has 128 heavy (non-hydrogen) atoms. The van der Waals surface area contributed by atoms with Crippen LogP contribution in [0.4, 0.5) is 0 Å².